The molecule has 2 fully saturated rings. The summed E-state index contributed by atoms with van der Waals surface area (Å²) in [5.74, 6) is -0.186. The van der Waals surface area contributed by atoms with E-state index in [1.54, 1.807) is 0 Å². The first-order valence-corrected chi connectivity index (χ1v) is 8.59. The molecular weight excluding hydrogens is 276 g/mol. The molecule has 2 aliphatic rings. The van der Waals surface area contributed by atoms with Crippen LogP contribution in [-0.4, -0.2) is 18.2 Å². The Balaban J connectivity index is 1.79. The van der Waals surface area contributed by atoms with E-state index in [1.165, 1.54) is 5.56 Å². The maximum atomic E-state index is 12.8. The molecule has 1 aliphatic carbocycles. The molecule has 1 saturated carbocycles. The number of hydrogen-bond donors (Lipinski definition) is 0. The van der Waals surface area contributed by atoms with Gasteiger partial charge in [-0.1, -0.05) is 62.4 Å². The van der Waals surface area contributed by atoms with Crippen molar-refractivity contribution in [3.63, 3.8) is 0 Å². The Morgan fingerprint density at radius 2 is 1.86 bits per heavy atom. The van der Waals surface area contributed by atoms with Crippen molar-refractivity contribution in [2.24, 2.45) is 0 Å². The predicted octanol–water partition coefficient (Wildman–Crippen LogP) is 4.27. The maximum absolute atomic E-state index is 12.8. The lowest BCUT2D eigenvalue weighted by atomic mass is 9.84. The van der Waals surface area contributed by atoms with E-state index in [2.05, 4.69) is 13.8 Å². The Hall–Kier alpha value is -1.35. The van der Waals surface area contributed by atoms with Gasteiger partial charge in [-0.25, -0.2) is 4.79 Å². The molecule has 3 heteroatoms. The van der Waals surface area contributed by atoms with E-state index >= 15 is 0 Å². The second kappa shape index (κ2) is 6.04. The molecule has 1 atom stereocenters. The second-order valence-corrected chi connectivity index (χ2v) is 6.69. The van der Waals surface area contributed by atoms with Gasteiger partial charge in [0.25, 0.3) is 0 Å². The minimum Gasteiger partial charge on any atom is -0.463 e. The number of hydrogen-bond acceptors (Lipinski definition) is 3. The molecule has 120 valence electrons. The van der Waals surface area contributed by atoms with Crippen LogP contribution >= 0.6 is 0 Å². The van der Waals surface area contributed by atoms with Gasteiger partial charge >= 0.3 is 5.97 Å². The molecule has 1 unspecified atom stereocenters. The normalized spacial score (nSPS) is 25.4. The van der Waals surface area contributed by atoms with Crippen LogP contribution in [0.1, 0.15) is 63.0 Å². The molecule has 1 spiro atoms. The van der Waals surface area contributed by atoms with Gasteiger partial charge in [-0.05, 0) is 31.7 Å². The summed E-state index contributed by atoms with van der Waals surface area (Å²) in [7, 11) is 0. The summed E-state index contributed by atoms with van der Waals surface area (Å²) in [6.07, 6.45) is 7.35. The van der Waals surface area contributed by atoms with Crippen LogP contribution in [0.2, 0.25) is 0 Å². The van der Waals surface area contributed by atoms with Crippen molar-refractivity contribution in [3.8, 4) is 0 Å². The summed E-state index contributed by atoms with van der Waals surface area (Å²) < 4.78 is 11.7. The molecule has 1 saturated heterocycles. The molecule has 0 amide bonds. The van der Waals surface area contributed by atoms with Crippen molar-refractivity contribution in [2.75, 3.05) is 6.61 Å². The van der Waals surface area contributed by atoms with Crippen molar-refractivity contribution in [1.82, 2.24) is 0 Å². The lowest BCUT2D eigenvalue weighted by molar-refractivity contribution is -0.150. The summed E-state index contributed by atoms with van der Waals surface area (Å²) >= 11 is 0. The third-order valence-corrected chi connectivity index (χ3v) is 5.09. The van der Waals surface area contributed by atoms with Crippen molar-refractivity contribution >= 4 is 5.97 Å². The van der Waals surface area contributed by atoms with Gasteiger partial charge in [0, 0.05) is 0 Å². The zero-order valence-electron chi connectivity index (χ0n) is 13.7. The monoisotopic (exact) mass is 302 g/mol. The lowest BCUT2D eigenvalue weighted by Gasteiger charge is -2.16. The van der Waals surface area contributed by atoms with Crippen LogP contribution in [-0.2, 0) is 19.9 Å². The molecule has 1 heterocycles. The van der Waals surface area contributed by atoms with E-state index in [0.29, 0.717) is 6.61 Å². The van der Waals surface area contributed by atoms with Gasteiger partial charge in [0.15, 0.2) is 0 Å². The average Bonchev–Trinajstić information content (AvgIpc) is 2.92. The van der Waals surface area contributed by atoms with E-state index in [9.17, 15) is 4.79 Å². The quantitative estimate of drug-likeness (QED) is 0.447. The number of aryl methyl sites for hydroxylation is 1. The van der Waals surface area contributed by atoms with Gasteiger partial charge in [-0.2, -0.15) is 0 Å². The zero-order chi connectivity index (χ0) is 15.6. The Kier molecular flexibility index (Phi) is 4.26. The second-order valence-electron chi connectivity index (χ2n) is 6.69. The molecule has 0 radical (unpaired) electrons. The minimum atomic E-state index is -0.844. The number of unbranched alkanes of at least 4 members (excludes halogenated alkanes) is 2. The highest BCUT2D eigenvalue weighted by Crippen LogP contribution is 2.64. The van der Waals surface area contributed by atoms with E-state index in [0.717, 1.165) is 50.5 Å². The van der Waals surface area contributed by atoms with Crippen molar-refractivity contribution in [2.45, 2.75) is 70.0 Å². The van der Waals surface area contributed by atoms with Crippen LogP contribution in [0.15, 0.2) is 24.3 Å². The summed E-state index contributed by atoms with van der Waals surface area (Å²) in [6.45, 7) is 4.70. The van der Waals surface area contributed by atoms with Crippen LogP contribution in [0.3, 0.4) is 0 Å². The van der Waals surface area contributed by atoms with E-state index < -0.39 is 5.60 Å². The highest BCUT2D eigenvalue weighted by Gasteiger charge is 2.76. The van der Waals surface area contributed by atoms with Gasteiger partial charge in [-0.3, -0.25) is 0 Å². The Labute approximate surface area is 133 Å². The van der Waals surface area contributed by atoms with Crippen LogP contribution in [0.4, 0.5) is 0 Å². The number of ether oxygens (including phenoxy) is 2. The average molecular weight is 302 g/mol. The number of epoxide rings is 1. The fourth-order valence-corrected chi connectivity index (χ4v) is 3.74. The summed E-state index contributed by atoms with van der Waals surface area (Å²) in [5, 5.41) is 0. The van der Waals surface area contributed by atoms with Gasteiger partial charge in [0.05, 0.1) is 6.61 Å². The molecule has 1 aromatic carbocycles. The fourth-order valence-electron chi connectivity index (χ4n) is 3.74. The zero-order valence-corrected chi connectivity index (χ0v) is 13.7. The third kappa shape index (κ3) is 2.45. The number of benzene rings is 1. The Bertz CT molecular complexity index is 528. The number of rotatable bonds is 6. The lowest BCUT2D eigenvalue weighted by Crippen LogP contribution is -2.32. The molecule has 3 nitrogen and oxygen atoms in total. The van der Waals surface area contributed by atoms with Crippen molar-refractivity contribution in [3.05, 3.63) is 35.4 Å². The smallest absolute Gasteiger partial charge is 0.346 e. The number of carbonyl (C=O) groups is 1. The van der Waals surface area contributed by atoms with Crippen LogP contribution in [0.25, 0.3) is 0 Å². The minimum absolute atomic E-state index is 0.186. The summed E-state index contributed by atoms with van der Waals surface area (Å²) in [5.41, 5.74) is 1.00. The van der Waals surface area contributed by atoms with Crippen LogP contribution < -0.4 is 0 Å². The molecule has 0 aromatic heterocycles. The van der Waals surface area contributed by atoms with Crippen LogP contribution in [0, 0.1) is 6.92 Å². The Morgan fingerprint density at radius 3 is 2.50 bits per heavy atom. The molecule has 3 rings (SSSR count). The van der Waals surface area contributed by atoms with Gasteiger partial charge < -0.3 is 9.47 Å². The first kappa shape index (κ1) is 15.5. The first-order valence-electron chi connectivity index (χ1n) is 8.59. The van der Waals surface area contributed by atoms with E-state index in [1.807, 2.05) is 24.3 Å². The molecule has 1 aromatic rings. The standard InChI is InChI=1S/C19H26O3/c1-3-4-7-14-21-17(20)19(16-10-8-15(2)9-11-16)18(22-19)12-5-6-13-18/h8-11H,3-7,12-14H2,1-2H3. The Morgan fingerprint density at radius 1 is 1.18 bits per heavy atom. The fraction of sp³-hybridized carbons (Fsp3) is 0.632. The molecule has 22 heavy (non-hydrogen) atoms. The molecule has 1 aliphatic heterocycles. The van der Waals surface area contributed by atoms with Gasteiger partial charge in [0.1, 0.15) is 5.60 Å². The third-order valence-electron chi connectivity index (χ3n) is 5.09. The van der Waals surface area contributed by atoms with E-state index in [4.69, 9.17) is 9.47 Å². The first-order chi connectivity index (χ1) is 10.6. The summed E-state index contributed by atoms with van der Waals surface area (Å²) in [6, 6.07) is 8.14. The van der Waals surface area contributed by atoms with Gasteiger partial charge in [0.2, 0.25) is 5.60 Å². The molecule has 0 N–H and O–H groups in total. The van der Waals surface area contributed by atoms with Crippen molar-refractivity contribution < 1.29 is 14.3 Å². The predicted molar refractivity (Wildman–Crippen MR) is 85.6 cm³/mol. The highest BCUT2D eigenvalue weighted by atomic mass is 16.7. The van der Waals surface area contributed by atoms with E-state index in [-0.39, 0.29) is 11.6 Å². The SMILES string of the molecule is CCCCCOC(=O)C1(c2ccc(C)cc2)OC12CCCC2. The molecular formula is C19H26O3. The topological polar surface area (TPSA) is 38.8 Å². The summed E-state index contributed by atoms with van der Waals surface area (Å²) in [4.78, 5) is 12.8. The van der Waals surface area contributed by atoms with Crippen LogP contribution in [0.5, 0.6) is 0 Å². The maximum Gasteiger partial charge on any atom is 0.346 e. The largest absolute Gasteiger partial charge is 0.463 e. The van der Waals surface area contributed by atoms with Crippen molar-refractivity contribution in [1.29, 1.82) is 0 Å². The molecule has 0 bridgehead atoms. The van der Waals surface area contributed by atoms with Gasteiger partial charge in [-0.15, -0.1) is 0 Å². The number of esters is 1. The highest BCUT2D eigenvalue weighted by molar-refractivity contribution is 5.87. The number of carbonyl (C=O) groups excluding carboxylic acids is 1.